The van der Waals surface area contributed by atoms with Crippen molar-refractivity contribution in [1.82, 2.24) is 14.9 Å². The fourth-order valence-electron chi connectivity index (χ4n) is 2.16. The Bertz CT molecular complexity index is 706. The summed E-state index contributed by atoms with van der Waals surface area (Å²) >= 11 is 0. The Kier molecular flexibility index (Phi) is 8.39. The molecule has 0 aliphatic rings. The first-order chi connectivity index (χ1) is 12.0. The molecule has 0 saturated heterocycles. The van der Waals surface area contributed by atoms with E-state index >= 15 is 0 Å². The summed E-state index contributed by atoms with van der Waals surface area (Å²) < 4.78 is 6.88. The van der Waals surface area contributed by atoms with Gasteiger partial charge in [-0.05, 0) is 20.3 Å². The van der Waals surface area contributed by atoms with Gasteiger partial charge in [0.25, 0.3) is 5.91 Å². The predicted molar refractivity (Wildman–Crippen MR) is 100 cm³/mol. The van der Waals surface area contributed by atoms with Gasteiger partial charge in [0.2, 0.25) is 0 Å². The van der Waals surface area contributed by atoms with Crippen molar-refractivity contribution in [1.29, 1.82) is 0 Å². The monoisotopic (exact) mass is 344 g/mol. The van der Waals surface area contributed by atoms with E-state index in [1.165, 1.54) is 0 Å². The Hall–Kier alpha value is -2.63. The topological polar surface area (TPSA) is 73.0 Å². The summed E-state index contributed by atoms with van der Waals surface area (Å²) in [6.45, 7) is 14.1. The molecule has 1 N–H and O–H groups in total. The summed E-state index contributed by atoms with van der Waals surface area (Å²) in [7, 11) is 0. The molecule has 0 saturated carbocycles. The molecule has 25 heavy (non-hydrogen) atoms. The van der Waals surface area contributed by atoms with E-state index < -0.39 is 0 Å². The van der Waals surface area contributed by atoms with Crippen molar-refractivity contribution in [2.24, 2.45) is 0 Å². The van der Waals surface area contributed by atoms with E-state index in [9.17, 15) is 4.79 Å². The summed E-state index contributed by atoms with van der Waals surface area (Å²) in [5.74, 6) is 1.09. The first kappa shape index (κ1) is 20.4. The van der Waals surface area contributed by atoms with Crippen molar-refractivity contribution in [3.63, 3.8) is 0 Å². The minimum atomic E-state index is -0.198. The Morgan fingerprint density at radius 2 is 2.12 bits per heavy atom. The van der Waals surface area contributed by atoms with Crippen molar-refractivity contribution in [3.8, 4) is 0 Å². The number of hydrogen-bond donors (Lipinski definition) is 1. The summed E-state index contributed by atoms with van der Waals surface area (Å²) in [5, 5.41) is 11.1. The number of rotatable bonds is 7. The highest BCUT2D eigenvalue weighted by Gasteiger charge is 2.12. The van der Waals surface area contributed by atoms with Crippen LogP contribution in [0.5, 0.6) is 0 Å². The van der Waals surface area contributed by atoms with Crippen molar-refractivity contribution >= 4 is 11.7 Å². The van der Waals surface area contributed by atoms with Gasteiger partial charge in [-0.3, -0.25) is 9.48 Å². The molecule has 0 unspecified atom stereocenters. The van der Waals surface area contributed by atoms with E-state index in [1.54, 1.807) is 16.8 Å². The first-order valence-electron chi connectivity index (χ1n) is 8.64. The first-order valence-corrected chi connectivity index (χ1v) is 8.64. The van der Waals surface area contributed by atoms with E-state index in [-0.39, 0.29) is 5.91 Å². The van der Waals surface area contributed by atoms with Crippen LogP contribution in [0.1, 0.15) is 50.6 Å². The average Bonchev–Trinajstić information content (AvgIpc) is 3.19. The smallest absolute Gasteiger partial charge is 0.256 e. The number of nitrogens with zero attached hydrogens (tertiary/aromatic N) is 3. The van der Waals surface area contributed by atoms with E-state index in [0.717, 1.165) is 29.9 Å². The molecular formula is C19H28N4O2. The third kappa shape index (κ3) is 5.74. The highest BCUT2D eigenvalue weighted by atomic mass is 16.5. The molecule has 136 valence electrons. The third-order valence-electron chi connectivity index (χ3n) is 3.52. The van der Waals surface area contributed by atoms with Gasteiger partial charge in [0.05, 0.1) is 12.2 Å². The van der Waals surface area contributed by atoms with Crippen molar-refractivity contribution in [2.75, 3.05) is 5.32 Å². The van der Waals surface area contributed by atoms with Crippen LogP contribution in [0.3, 0.4) is 0 Å². The SMILES string of the molecule is C=C/C(=C\CCC)C(=O)Nc1ccn(Cc2c(C)noc2C)n1.CC. The molecular weight excluding hydrogens is 316 g/mol. The molecule has 1 amide bonds. The van der Waals surface area contributed by atoms with Crippen LogP contribution < -0.4 is 5.32 Å². The fraction of sp³-hybridized carbons (Fsp3) is 0.421. The second-order valence-electron chi connectivity index (χ2n) is 5.31. The minimum absolute atomic E-state index is 0.198. The summed E-state index contributed by atoms with van der Waals surface area (Å²) in [5.41, 5.74) is 2.41. The lowest BCUT2D eigenvalue weighted by Crippen LogP contribution is -2.14. The number of anilines is 1. The van der Waals surface area contributed by atoms with Crippen LogP contribution in [0.25, 0.3) is 0 Å². The number of amides is 1. The molecule has 0 aromatic carbocycles. The van der Waals surface area contributed by atoms with Gasteiger partial charge in [-0.15, -0.1) is 0 Å². The largest absolute Gasteiger partial charge is 0.361 e. The Balaban J connectivity index is 0.00000151. The molecule has 0 radical (unpaired) electrons. The number of aromatic nitrogens is 3. The Labute approximate surface area is 149 Å². The standard InChI is InChI=1S/C17H22N4O2.C2H6/c1-5-7-8-14(6-2)17(22)18-16-9-10-21(19-16)11-15-12(3)20-23-13(15)4;1-2/h6,8-10H,2,5,7,11H2,1,3-4H3,(H,18,19,22);1-2H3/b14-8+;. The minimum Gasteiger partial charge on any atom is -0.361 e. The Morgan fingerprint density at radius 1 is 1.40 bits per heavy atom. The fourth-order valence-corrected chi connectivity index (χ4v) is 2.16. The zero-order chi connectivity index (χ0) is 18.8. The van der Waals surface area contributed by atoms with Crippen LogP contribution in [-0.4, -0.2) is 20.8 Å². The molecule has 2 aromatic rings. The van der Waals surface area contributed by atoms with Gasteiger partial charge in [-0.2, -0.15) is 5.10 Å². The van der Waals surface area contributed by atoms with Crippen molar-refractivity contribution in [2.45, 2.75) is 54.0 Å². The second-order valence-corrected chi connectivity index (χ2v) is 5.31. The van der Waals surface area contributed by atoms with E-state index in [4.69, 9.17) is 4.52 Å². The summed E-state index contributed by atoms with van der Waals surface area (Å²) in [6, 6.07) is 1.76. The zero-order valence-electron chi connectivity index (χ0n) is 15.8. The van der Waals surface area contributed by atoms with Crippen LogP contribution >= 0.6 is 0 Å². The maximum Gasteiger partial charge on any atom is 0.256 e. The van der Waals surface area contributed by atoms with E-state index in [1.807, 2.05) is 40.0 Å². The van der Waals surface area contributed by atoms with Gasteiger partial charge < -0.3 is 9.84 Å². The van der Waals surface area contributed by atoms with Crippen LogP contribution in [-0.2, 0) is 11.3 Å². The molecule has 0 aliphatic carbocycles. The molecule has 0 aliphatic heterocycles. The molecule has 2 aromatic heterocycles. The summed E-state index contributed by atoms with van der Waals surface area (Å²) in [4.78, 5) is 12.2. The van der Waals surface area contributed by atoms with Gasteiger partial charge in [0.1, 0.15) is 5.76 Å². The molecule has 2 heterocycles. The second kappa shape index (κ2) is 10.3. The molecule has 0 atom stereocenters. The van der Waals surface area contributed by atoms with Crippen LogP contribution in [0.15, 0.2) is 41.1 Å². The number of carbonyl (C=O) groups is 1. The number of unbranched alkanes of at least 4 members (excludes halogenated alkanes) is 1. The van der Waals surface area contributed by atoms with Gasteiger partial charge in [-0.1, -0.05) is 51.1 Å². The van der Waals surface area contributed by atoms with E-state index in [0.29, 0.717) is 17.9 Å². The molecule has 0 fully saturated rings. The third-order valence-corrected chi connectivity index (χ3v) is 3.52. The maximum absolute atomic E-state index is 12.2. The quantitative estimate of drug-likeness (QED) is 0.596. The van der Waals surface area contributed by atoms with Gasteiger partial charge in [-0.25, -0.2) is 0 Å². The molecule has 6 nitrogen and oxygen atoms in total. The van der Waals surface area contributed by atoms with Crippen LogP contribution in [0, 0.1) is 13.8 Å². The van der Waals surface area contributed by atoms with Gasteiger partial charge >= 0.3 is 0 Å². The van der Waals surface area contributed by atoms with E-state index in [2.05, 4.69) is 29.1 Å². The average molecular weight is 344 g/mol. The predicted octanol–water partition coefficient (Wildman–Crippen LogP) is 4.41. The maximum atomic E-state index is 12.2. The van der Waals surface area contributed by atoms with Crippen LogP contribution in [0.2, 0.25) is 0 Å². The van der Waals surface area contributed by atoms with Crippen LogP contribution in [0.4, 0.5) is 5.82 Å². The lowest BCUT2D eigenvalue weighted by atomic mass is 10.2. The number of nitrogens with one attached hydrogen (secondary N) is 1. The number of allylic oxidation sites excluding steroid dienone is 1. The van der Waals surface area contributed by atoms with Crippen molar-refractivity contribution in [3.05, 3.63) is 53.6 Å². The lowest BCUT2D eigenvalue weighted by Gasteiger charge is -2.03. The number of carbonyl (C=O) groups excluding carboxylic acids is 1. The van der Waals surface area contributed by atoms with Gasteiger partial charge in [0, 0.05) is 23.4 Å². The number of aryl methyl sites for hydroxylation is 2. The van der Waals surface area contributed by atoms with Crippen molar-refractivity contribution < 1.29 is 9.32 Å². The number of hydrogen-bond acceptors (Lipinski definition) is 4. The molecule has 6 heteroatoms. The molecule has 2 rings (SSSR count). The highest BCUT2D eigenvalue weighted by Crippen LogP contribution is 2.15. The molecule has 0 spiro atoms. The highest BCUT2D eigenvalue weighted by molar-refractivity contribution is 6.05. The Morgan fingerprint density at radius 3 is 2.68 bits per heavy atom. The summed E-state index contributed by atoms with van der Waals surface area (Å²) in [6.07, 6.45) is 7.08. The molecule has 0 bridgehead atoms. The van der Waals surface area contributed by atoms with Gasteiger partial charge in [0.15, 0.2) is 5.82 Å². The zero-order valence-corrected chi connectivity index (χ0v) is 15.8. The normalized spacial score (nSPS) is 10.8. The lowest BCUT2D eigenvalue weighted by molar-refractivity contribution is -0.112.